The van der Waals surface area contributed by atoms with E-state index in [4.69, 9.17) is 22.4 Å². The molecule has 0 saturated carbocycles. The lowest BCUT2D eigenvalue weighted by molar-refractivity contribution is -0.140. The third-order valence-electron chi connectivity index (χ3n) is 6.58. The molecule has 5 rings (SSSR count). The van der Waals surface area contributed by atoms with Gasteiger partial charge < -0.3 is 5.11 Å². The highest BCUT2D eigenvalue weighted by Gasteiger charge is 2.34. The summed E-state index contributed by atoms with van der Waals surface area (Å²) in [4.78, 5) is 25.6. The molecule has 2 aliphatic rings. The molecule has 2 aromatic carbocycles. The number of carboxylic acids is 1. The molecular formula is C27H26N4O5S3. The second-order valence-corrected chi connectivity index (χ2v) is 13.1. The van der Waals surface area contributed by atoms with Crippen LogP contribution < -0.4 is 0 Å². The fourth-order valence-corrected chi connectivity index (χ4v) is 7.55. The Balaban J connectivity index is 1.57. The molecule has 39 heavy (non-hydrogen) atoms. The molecule has 12 heteroatoms. The number of sulfonamides is 1. The summed E-state index contributed by atoms with van der Waals surface area (Å²) in [5, 5.41) is 13.9. The lowest BCUT2D eigenvalue weighted by atomic mass is 10.0. The third kappa shape index (κ3) is 5.69. The second-order valence-electron chi connectivity index (χ2n) is 9.51. The number of thioether (sulfide) groups is 1. The van der Waals surface area contributed by atoms with Crippen LogP contribution in [0.3, 0.4) is 0 Å². The van der Waals surface area contributed by atoms with Crippen LogP contribution in [0, 0.1) is 5.92 Å². The summed E-state index contributed by atoms with van der Waals surface area (Å²) in [6, 6.07) is 16.1. The molecule has 3 heterocycles. The standard InChI is InChI=1S/C27H26N4O5S3/c1-18-7-6-12-29(15-18)39(35,36)22-11-5-8-19(13-22)25-20(16-31(28-25)21-9-3-2-4-10-21)14-23-26(34)30(17-24(32)33)27(37)38-23/h2-5,8-11,13-14,16,18H,6-7,12,15,17H2,1H3,(H,32,33). The lowest BCUT2D eigenvalue weighted by Crippen LogP contribution is -2.39. The van der Waals surface area contributed by atoms with Crippen molar-refractivity contribution in [3.63, 3.8) is 0 Å². The van der Waals surface area contributed by atoms with Crippen LogP contribution in [-0.4, -0.2) is 68.3 Å². The molecule has 0 spiro atoms. The van der Waals surface area contributed by atoms with Crippen molar-refractivity contribution < 1.29 is 23.1 Å². The van der Waals surface area contributed by atoms with Gasteiger partial charge in [-0.05, 0) is 49.1 Å². The van der Waals surface area contributed by atoms with Crippen LogP contribution in [0.4, 0.5) is 0 Å². The average molecular weight is 583 g/mol. The van der Waals surface area contributed by atoms with Gasteiger partial charge in [0.05, 0.1) is 15.5 Å². The molecule has 2 saturated heterocycles. The molecule has 1 atom stereocenters. The van der Waals surface area contributed by atoms with Gasteiger partial charge in [0.25, 0.3) is 5.91 Å². The van der Waals surface area contributed by atoms with Gasteiger partial charge in [0.1, 0.15) is 16.6 Å². The Bertz CT molecular complexity index is 1580. The maximum absolute atomic E-state index is 13.5. The largest absolute Gasteiger partial charge is 0.480 e. The molecule has 0 bridgehead atoms. The first-order valence-electron chi connectivity index (χ1n) is 12.4. The smallest absolute Gasteiger partial charge is 0.323 e. The number of aliphatic carboxylic acids is 1. The number of hydrogen-bond acceptors (Lipinski definition) is 7. The number of carboxylic acid groups (broad SMARTS) is 1. The van der Waals surface area contributed by atoms with E-state index in [-0.39, 0.29) is 14.1 Å². The minimum absolute atomic E-state index is 0.162. The maximum Gasteiger partial charge on any atom is 0.323 e. The molecule has 1 unspecified atom stereocenters. The van der Waals surface area contributed by atoms with Gasteiger partial charge in [-0.1, -0.05) is 61.2 Å². The quantitative estimate of drug-likeness (QED) is 0.325. The number of para-hydroxylation sites is 1. The van der Waals surface area contributed by atoms with Gasteiger partial charge in [-0.2, -0.15) is 9.40 Å². The molecule has 2 fully saturated rings. The molecule has 1 aromatic heterocycles. The summed E-state index contributed by atoms with van der Waals surface area (Å²) < 4.78 is 30.3. The van der Waals surface area contributed by atoms with Crippen LogP contribution in [0.5, 0.6) is 0 Å². The highest BCUT2D eigenvalue weighted by atomic mass is 32.2. The summed E-state index contributed by atoms with van der Waals surface area (Å²) in [6.45, 7) is 2.51. The minimum atomic E-state index is -3.70. The van der Waals surface area contributed by atoms with Crippen LogP contribution in [-0.2, 0) is 19.6 Å². The number of rotatable bonds is 7. The van der Waals surface area contributed by atoms with Crippen molar-refractivity contribution in [2.45, 2.75) is 24.7 Å². The van der Waals surface area contributed by atoms with E-state index in [2.05, 4.69) is 6.92 Å². The number of benzene rings is 2. The molecule has 3 aromatic rings. The summed E-state index contributed by atoms with van der Waals surface area (Å²) in [7, 11) is -3.70. The van der Waals surface area contributed by atoms with E-state index in [0.29, 0.717) is 35.8 Å². The van der Waals surface area contributed by atoms with Crippen molar-refractivity contribution >= 4 is 56.3 Å². The number of amides is 1. The fraction of sp³-hybridized carbons (Fsp3) is 0.259. The number of carbonyl (C=O) groups is 2. The Morgan fingerprint density at radius 3 is 2.69 bits per heavy atom. The first-order valence-corrected chi connectivity index (χ1v) is 15.0. The minimum Gasteiger partial charge on any atom is -0.480 e. The first-order chi connectivity index (χ1) is 18.6. The van der Waals surface area contributed by atoms with Gasteiger partial charge in [-0.15, -0.1) is 0 Å². The van der Waals surface area contributed by atoms with E-state index in [1.807, 2.05) is 30.3 Å². The summed E-state index contributed by atoms with van der Waals surface area (Å²) in [5.74, 6) is -1.36. The molecule has 0 aliphatic carbocycles. The Morgan fingerprint density at radius 2 is 1.97 bits per heavy atom. The van der Waals surface area contributed by atoms with Crippen molar-refractivity contribution in [2.24, 2.45) is 5.92 Å². The van der Waals surface area contributed by atoms with Gasteiger partial charge in [-0.3, -0.25) is 14.5 Å². The normalized spacial score (nSPS) is 19.7. The van der Waals surface area contributed by atoms with Crippen molar-refractivity contribution in [3.8, 4) is 16.9 Å². The Kier molecular flexibility index (Phi) is 7.72. The van der Waals surface area contributed by atoms with E-state index < -0.39 is 28.4 Å². The van der Waals surface area contributed by atoms with Gasteiger partial charge in [0, 0.05) is 30.4 Å². The highest BCUT2D eigenvalue weighted by Crippen LogP contribution is 2.35. The lowest BCUT2D eigenvalue weighted by Gasteiger charge is -2.30. The zero-order valence-electron chi connectivity index (χ0n) is 21.1. The van der Waals surface area contributed by atoms with E-state index >= 15 is 0 Å². The van der Waals surface area contributed by atoms with Crippen LogP contribution >= 0.6 is 24.0 Å². The predicted molar refractivity (Wildman–Crippen MR) is 154 cm³/mol. The fourth-order valence-electron chi connectivity index (χ4n) is 4.66. The van der Waals surface area contributed by atoms with Gasteiger partial charge in [-0.25, -0.2) is 13.1 Å². The molecular weight excluding hydrogens is 557 g/mol. The zero-order chi connectivity index (χ0) is 27.7. The molecule has 1 amide bonds. The molecule has 1 N–H and O–H groups in total. The monoisotopic (exact) mass is 582 g/mol. The Hall–Kier alpha value is -3.32. The molecule has 2 aliphatic heterocycles. The number of nitrogens with zero attached hydrogens (tertiary/aromatic N) is 4. The highest BCUT2D eigenvalue weighted by molar-refractivity contribution is 8.26. The summed E-state index contributed by atoms with van der Waals surface area (Å²) >= 11 is 6.26. The van der Waals surface area contributed by atoms with Crippen molar-refractivity contribution in [1.29, 1.82) is 0 Å². The number of thiocarbonyl (C=S) groups is 1. The zero-order valence-corrected chi connectivity index (χ0v) is 23.5. The summed E-state index contributed by atoms with van der Waals surface area (Å²) in [6.07, 6.45) is 5.20. The van der Waals surface area contributed by atoms with E-state index in [1.54, 1.807) is 41.2 Å². The van der Waals surface area contributed by atoms with Crippen LogP contribution in [0.2, 0.25) is 0 Å². The number of aromatic nitrogens is 2. The Labute approximate surface area is 236 Å². The topological polar surface area (TPSA) is 113 Å². The van der Waals surface area contributed by atoms with Crippen molar-refractivity contribution in [1.82, 2.24) is 19.0 Å². The Morgan fingerprint density at radius 1 is 1.21 bits per heavy atom. The van der Waals surface area contributed by atoms with Gasteiger partial charge in [0.2, 0.25) is 10.0 Å². The third-order valence-corrected chi connectivity index (χ3v) is 9.82. The van der Waals surface area contributed by atoms with Crippen LogP contribution in [0.15, 0.2) is 70.6 Å². The van der Waals surface area contributed by atoms with Crippen LogP contribution in [0.25, 0.3) is 23.0 Å². The van der Waals surface area contributed by atoms with Gasteiger partial charge >= 0.3 is 5.97 Å². The van der Waals surface area contributed by atoms with Gasteiger partial charge in [0.15, 0.2) is 0 Å². The SMILES string of the molecule is CC1CCCN(S(=O)(=O)c2cccc(-c3nn(-c4ccccc4)cc3C=C3SC(=S)N(CC(=O)O)C3=O)c2)C1. The molecule has 9 nitrogen and oxygen atoms in total. The van der Waals surface area contributed by atoms with Crippen LogP contribution in [0.1, 0.15) is 25.3 Å². The van der Waals surface area contributed by atoms with E-state index in [0.717, 1.165) is 35.2 Å². The summed E-state index contributed by atoms with van der Waals surface area (Å²) in [5.41, 5.74) is 2.40. The average Bonchev–Trinajstić information content (AvgIpc) is 3.45. The second kappa shape index (κ2) is 11.0. The maximum atomic E-state index is 13.5. The first kappa shape index (κ1) is 27.3. The van der Waals surface area contributed by atoms with Crippen molar-refractivity contribution in [2.75, 3.05) is 19.6 Å². The molecule has 0 radical (unpaired) electrons. The predicted octanol–water partition coefficient (Wildman–Crippen LogP) is 4.25. The number of hydrogen-bond donors (Lipinski definition) is 1. The molecule has 202 valence electrons. The van der Waals surface area contributed by atoms with E-state index in [9.17, 15) is 18.0 Å². The number of piperidine rings is 1. The van der Waals surface area contributed by atoms with E-state index in [1.165, 1.54) is 4.31 Å². The van der Waals surface area contributed by atoms with Crippen molar-refractivity contribution in [3.05, 3.63) is 71.3 Å². The number of carbonyl (C=O) groups excluding carboxylic acids is 1.